The van der Waals surface area contributed by atoms with Gasteiger partial charge < -0.3 is 4.90 Å². The molecule has 0 N–H and O–H groups in total. The van der Waals surface area contributed by atoms with E-state index in [0.717, 1.165) is 22.0 Å². The third-order valence-corrected chi connectivity index (χ3v) is 4.17. The number of aromatic nitrogens is 2. The van der Waals surface area contributed by atoms with Crippen LogP contribution in [0.3, 0.4) is 0 Å². The molecule has 0 aliphatic rings. The van der Waals surface area contributed by atoms with E-state index in [9.17, 15) is 4.79 Å². The van der Waals surface area contributed by atoms with Gasteiger partial charge in [-0.2, -0.15) is 0 Å². The molecule has 0 saturated heterocycles. The van der Waals surface area contributed by atoms with E-state index in [1.54, 1.807) is 11.1 Å². The quantitative estimate of drug-likeness (QED) is 0.793. The second-order valence-corrected chi connectivity index (χ2v) is 5.92. The van der Waals surface area contributed by atoms with Crippen LogP contribution in [-0.2, 0) is 0 Å². The zero-order chi connectivity index (χ0) is 15.4. The van der Waals surface area contributed by atoms with Crippen LogP contribution in [0.15, 0.2) is 36.5 Å². The van der Waals surface area contributed by atoms with Crippen molar-refractivity contribution in [2.24, 2.45) is 0 Å². The summed E-state index contributed by atoms with van der Waals surface area (Å²) >= 11 is 1.40. The molecule has 0 spiro atoms. The van der Waals surface area contributed by atoms with Crippen molar-refractivity contribution in [2.45, 2.75) is 20.8 Å². The summed E-state index contributed by atoms with van der Waals surface area (Å²) < 4.78 is 0. The van der Waals surface area contributed by atoms with Gasteiger partial charge in [-0.25, -0.2) is 4.98 Å². The normalized spacial score (nSPS) is 10.4. The molecule has 5 heteroatoms. The molecular weight excluding hydrogens is 282 g/mol. The van der Waals surface area contributed by atoms with Crippen LogP contribution >= 0.6 is 11.3 Å². The monoisotopic (exact) mass is 301 g/mol. The Balaban J connectivity index is 2.30. The molecular formula is C16H19N3OS. The standard InChI is InChI=1S/C16H19N3OS/c1-5-19(10-11(2)3)16(20)14-12(4)18-15(21-14)13-8-6-7-9-17-13/h6-9H,2,5,10H2,1,3-4H3. The van der Waals surface area contributed by atoms with Crippen molar-refractivity contribution in [2.75, 3.05) is 13.1 Å². The lowest BCUT2D eigenvalue weighted by molar-refractivity contribution is 0.0782. The van der Waals surface area contributed by atoms with Crippen molar-refractivity contribution in [1.82, 2.24) is 14.9 Å². The second-order valence-electron chi connectivity index (χ2n) is 4.92. The van der Waals surface area contributed by atoms with Crippen molar-refractivity contribution in [3.8, 4) is 10.7 Å². The summed E-state index contributed by atoms with van der Waals surface area (Å²) in [6.07, 6.45) is 1.73. The van der Waals surface area contributed by atoms with E-state index in [-0.39, 0.29) is 5.91 Å². The van der Waals surface area contributed by atoms with E-state index in [1.165, 1.54) is 11.3 Å². The molecule has 2 aromatic heterocycles. The largest absolute Gasteiger partial charge is 0.334 e. The molecule has 0 unspecified atom stereocenters. The van der Waals surface area contributed by atoms with E-state index >= 15 is 0 Å². The minimum atomic E-state index is 0.0117. The summed E-state index contributed by atoms with van der Waals surface area (Å²) in [6, 6.07) is 5.68. The smallest absolute Gasteiger partial charge is 0.266 e. The lowest BCUT2D eigenvalue weighted by atomic mass is 10.3. The number of carbonyl (C=O) groups excluding carboxylic acids is 1. The molecule has 0 bridgehead atoms. The SMILES string of the molecule is C=C(C)CN(CC)C(=O)c1sc(-c2ccccn2)nc1C. The molecule has 110 valence electrons. The summed E-state index contributed by atoms with van der Waals surface area (Å²) in [5.41, 5.74) is 2.52. The summed E-state index contributed by atoms with van der Waals surface area (Å²) in [5.74, 6) is 0.0117. The number of amides is 1. The van der Waals surface area contributed by atoms with Crippen molar-refractivity contribution < 1.29 is 4.79 Å². The van der Waals surface area contributed by atoms with Gasteiger partial charge in [-0.05, 0) is 32.9 Å². The van der Waals surface area contributed by atoms with Gasteiger partial charge in [0.25, 0.3) is 5.91 Å². The highest BCUT2D eigenvalue weighted by Gasteiger charge is 2.21. The number of likely N-dealkylation sites (N-methyl/N-ethyl adjacent to an activating group) is 1. The Bertz CT molecular complexity index is 649. The van der Waals surface area contributed by atoms with Gasteiger partial charge in [-0.15, -0.1) is 11.3 Å². The Hall–Kier alpha value is -2.01. The third kappa shape index (κ3) is 3.55. The predicted molar refractivity (Wildman–Crippen MR) is 86.5 cm³/mol. The molecule has 2 aromatic rings. The molecule has 0 aliphatic carbocycles. The fraction of sp³-hybridized carbons (Fsp3) is 0.312. The van der Waals surface area contributed by atoms with Gasteiger partial charge in [0.15, 0.2) is 0 Å². The van der Waals surface area contributed by atoms with Crippen LogP contribution < -0.4 is 0 Å². The molecule has 0 aliphatic heterocycles. The summed E-state index contributed by atoms with van der Waals surface area (Å²) in [5, 5.41) is 0.780. The fourth-order valence-electron chi connectivity index (χ4n) is 1.99. The van der Waals surface area contributed by atoms with E-state index in [1.807, 2.05) is 39.0 Å². The van der Waals surface area contributed by atoms with Crippen molar-refractivity contribution >= 4 is 17.2 Å². The van der Waals surface area contributed by atoms with E-state index in [0.29, 0.717) is 18.0 Å². The van der Waals surface area contributed by atoms with Gasteiger partial charge in [-0.3, -0.25) is 9.78 Å². The third-order valence-electron chi connectivity index (χ3n) is 3.00. The maximum Gasteiger partial charge on any atom is 0.266 e. The lowest BCUT2D eigenvalue weighted by Gasteiger charge is -2.20. The van der Waals surface area contributed by atoms with Crippen LogP contribution in [0, 0.1) is 6.92 Å². The van der Waals surface area contributed by atoms with Crippen molar-refractivity contribution in [1.29, 1.82) is 0 Å². The van der Waals surface area contributed by atoms with Crippen LogP contribution in [0.2, 0.25) is 0 Å². The first-order valence-corrected chi connectivity index (χ1v) is 7.67. The lowest BCUT2D eigenvalue weighted by Crippen LogP contribution is -2.32. The van der Waals surface area contributed by atoms with Crippen LogP contribution in [-0.4, -0.2) is 33.9 Å². The number of hydrogen-bond acceptors (Lipinski definition) is 4. The highest BCUT2D eigenvalue weighted by Crippen LogP contribution is 2.27. The molecule has 0 aromatic carbocycles. The van der Waals surface area contributed by atoms with Gasteiger partial charge in [0.1, 0.15) is 9.88 Å². The maximum absolute atomic E-state index is 12.6. The number of hydrogen-bond donors (Lipinski definition) is 0. The van der Waals surface area contributed by atoms with Crippen molar-refractivity contribution in [3.05, 3.63) is 47.1 Å². The topological polar surface area (TPSA) is 46.1 Å². The molecule has 0 fully saturated rings. The van der Waals surface area contributed by atoms with Gasteiger partial charge in [0.2, 0.25) is 0 Å². The average Bonchev–Trinajstić information content (AvgIpc) is 2.87. The first-order chi connectivity index (χ1) is 10.0. The van der Waals surface area contributed by atoms with Crippen LogP contribution in [0.4, 0.5) is 0 Å². The number of thiazole rings is 1. The maximum atomic E-state index is 12.6. The van der Waals surface area contributed by atoms with Crippen LogP contribution in [0.5, 0.6) is 0 Å². The predicted octanol–water partition coefficient (Wildman–Crippen LogP) is 3.55. The summed E-state index contributed by atoms with van der Waals surface area (Å²) in [6.45, 7) is 10.9. The van der Waals surface area contributed by atoms with E-state index in [2.05, 4.69) is 16.5 Å². The first-order valence-electron chi connectivity index (χ1n) is 6.85. The summed E-state index contributed by atoms with van der Waals surface area (Å²) in [4.78, 5) is 23.8. The van der Waals surface area contributed by atoms with E-state index < -0.39 is 0 Å². The van der Waals surface area contributed by atoms with Gasteiger partial charge in [0.05, 0.1) is 11.4 Å². The highest BCUT2D eigenvalue weighted by molar-refractivity contribution is 7.17. The summed E-state index contributed by atoms with van der Waals surface area (Å²) in [7, 11) is 0. The molecule has 1 amide bonds. The Morgan fingerprint density at radius 3 is 2.76 bits per heavy atom. The minimum Gasteiger partial charge on any atom is -0.334 e. The highest BCUT2D eigenvalue weighted by atomic mass is 32.1. The Labute approximate surface area is 129 Å². The van der Waals surface area contributed by atoms with Gasteiger partial charge in [-0.1, -0.05) is 18.2 Å². The molecule has 21 heavy (non-hydrogen) atoms. The fourth-order valence-corrected chi connectivity index (χ4v) is 3.00. The average molecular weight is 301 g/mol. The molecule has 0 atom stereocenters. The number of aryl methyl sites for hydroxylation is 1. The molecule has 4 nitrogen and oxygen atoms in total. The van der Waals surface area contributed by atoms with Gasteiger partial charge >= 0.3 is 0 Å². The Kier molecular flexibility index (Phi) is 4.85. The zero-order valence-corrected chi connectivity index (χ0v) is 13.4. The zero-order valence-electron chi connectivity index (χ0n) is 12.6. The first kappa shape index (κ1) is 15.4. The number of carbonyl (C=O) groups is 1. The second kappa shape index (κ2) is 6.63. The number of pyridine rings is 1. The molecule has 2 rings (SSSR count). The Morgan fingerprint density at radius 2 is 2.19 bits per heavy atom. The number of nitrogens with zero attached hydrogens (tertiary/aromatic N) is 3. The molecule has 0 saturated carbocycles. The molecule has 2 heterocycles. The van der Waals surface area contributed by atoms with Crippen LogP contribution in [0.25, 0.3) is 10.7 Å². The van der Waals surface area contributed by atoms with E-state index in [4.69, 9.17) is 0 Å². The van der Waals surface area contributed by atoms with Crippen molar-refractivity contribution in [3.63, 3.8) is 0 Å². The van der Waals surface area contributed by atoms with Crippen LogP contribution in [0.1, 0.15) is 29.2 Å². The minimum absolute atomic E-state index is 0.0117. The molecule has 0 radical (unpaired) electrons. The van der Waals surface area contributed by atoms with Gasteiger partial charge in [0, 0.05) is 19.3 Å². The number of rotatable bonds is 5. The Morgan fingerprint density at radius 1 is 1.43 bits per heavy atom.